The number of hydrogen-bond acceptors (Lipinski definition) is 6. The molecule has 38 heavy (non-hydrogen) atoms. The van der Waals surface area contributed by atoms with Gasteiger partial charge in [0.2, 0.25) is 0 Å². The molecule has 0 spiro atoms. The van der Waals surface area contributed by atoms with Crippen LogP contribution in [0.5, 0.6) is 0 Å². The van der Waals surface area contributed by atoms with Crippen LogP contribution in [0.1, 0.15) is 75.4 Å². The van der Waals surface area contributed by atoms with Gasteiger partial charge in [-0.1, -0.05) is 42.3 Å². The van der Waals surface area contributed by atoms with Crippen LogP contribution in [0.3, 0.4) is 0 Å². The first-order chi connectivity index (χ1) is 18.3. The van der Waals surface area contributed by atoms with Gasteiger partial charge in [-0.05, 0) is 74.8 Å². The first-order valence-electron chi connectivity index (χ1n) is 13.0. The van der Waals surface area contributed by atoms with E-state index in [9.17, 15) is 10.1 Å². The van der Waals surface area contributed by atoms with Crippen LogP contribution in [0, 0.1) is 17.2 Å². The zero-order chi connectivity index (χ0) is 27.0. The van der Waals surface area contributed by atoms with Crippen molar-refractivity contribution < 1.29 is 9.90 Å². The van der Waals surface area contributed by atoms with Crippen LogP contribution in [0.15, 0.2) is 30.5 Å². The topological polar surface area (TPSA) is 108 Å². The fourth-order valence-corrected chi connectivity index (χ4v) is 6.57. The van der Waals surface area contributed by atoms with Gasteiger partial charge in [-0.25, -0.2) is 14.6 Å². The molecule has 0 radical (unpaired) electrons. The second-order valence-electron chi connectivity index (χ2n) is 10.4. The van der Waals surface area contributed by atoms with Crippen LogP contribution in [-0.2, 0) is 4.79 Å². The zero-order valence-corrected chi connectivity index (χ0v) is 23.0. The third-order valence-electron chi connectivity index (χ3n) is 7.96. The van der Waals surface area contributed by atoms with Gasteiger partial charge in [-0.3, -0.25) is 9.69 Å². The maximum Gasteiger partial charge on any atom is 0.303 e. The van der Waals surface area contributed by atoms with E-state index in [1.165, 1.54) is 0 Å². The molecule has 1 saturated heterocycles. The fraction of sp³-hybridized carbons (Fsp3) is 0.464. The molecule has 1 aliphatic heterocycles. The fourth-order valence-electron chi connectivity index (χ4n) is 6.01. The molecule has 1 aliphatic carbocycles. The van der Waals surface area contributed by atoms with Gasteiger partial charge in [-0.2, -0.15) is 10.4 Å². The molecule has 10 heteroatoms. The lowest BCUT2D eigenvalue weighted by molar-refractivity contribution is -0.137. The Hall–Kier alpha value is -2.99. The summed E-state index contributed by atoms with van der Waals surface area (Å²) >= 11 is 12.6. The molecule has 2 aromatic heterocycles. The molecule has 1 N–H and O–H groups in total. The molecule has 0 saturated carbocycles. The Morgan fingerprint density at radius 1 is 1.34 bits per heavy atom. The third kappa shape index (κ3) is 5.15. The van der Waals surface area contributed by atoms with Crippen LogP contribution in [-0.4, -0.2) is 54.4 Å². The zero-order valence-electron chi connectivity index (χ0n) is 21.4. The van der Waals surface area contributed by atoms with Crippen molar-refractivity contribution >= 4 is 45.9 Å². The van der Waals surface area contributed by atoms with Gasteiger partial charge in [0.15, 0.2) is 11.3 Å². The minimum atomic E-state index is -0.726. The van der Waals surface area contributed by atoms with Gasteiger partial charge in [0.1, 0.15) is 11.6 Å². The average Bonchev–Trinajstić information content (AvgIpc) is 3.51. The van der Waals surface area contributed by atoms with E-state index in [4.69, 9.17) is 33.3 Å². The smallest absolute Gasteiger partial charge is 0.303 e. The second-order valence-corrected chi connectivity index (χ2v) is 11.2. The number of halogens is 2. The van der Waals surface area contributed by atoms with E-state index in [0.717, 1.165) is 49.1 Å². The highest BCUT2D eigenvalue weighted by Crippen LogP contribution is 2.37. The first-order valence-corrected chi connectivity index (χ1v) is 13.8. The number of carboxylic acids is 1. The predicted molar refractivity (Wildman–Crippen MR) is 147 cm³/mol. The number of carboxylic acid groups (broad SMARTS) is 1. The highest BCUT2D eigenvalue weighted by atomic mass is 35.5. The van der Waals surface area contributed by atoms with E-state index < -0.39 is 5.97 Å². The third-order valence-corrected chi connectivity index (χ3v) is 8.52. The molecule has 3 aromatic rings. The molecule has 1 fully saturated rings. The van der Waals surface area contributed by atoms with Crippen molar-refractivity contribution in [1.82, 2.24) is 24.6 Å². The van der Waals surface area contributed by atoms with Crippen molar-refractivity contribution in [3.8, 4) is 6.07 Å². The first kappa shape index (κ1) is 26.6. The lowest BCUT2D eigenvalue weighted by atomic mass is 9.83. The molecule has 0 bridgehead atoms. The molecule has 198 valence electrons. The number of aliphatic carboxylic acids is 1. The normalized spacial score (nSPS) is 22.8. The van der Waals surface area contributed by atoms with Crippen LogP contribution >= 0.6 is 23.2 Å². The lowest BCUT2D eigenvalue weighted by Crippen LogP contribution is -2.44. The molecule has 5 rings (SSSR count). The second kappa shape index (κ2) is 11.0. The van der Waals surface area contributed by atoms with Crippen molar-refractivity contribution in [1.29, 1.82) is 5.26 Å². The highest BCUT2D eigenvalue weighted by molar-refractivity contribution is 6.35. The van der Waals surface area contributed by atoms with Gasteiger partial charge >= 0.3 is 5.97 Å². The molecular formula is C28H30Cl2N6O2. The number of rotatable bonds is 7. The predicted octanol–water partition coefficient (Wildman–Crippen LogP) is 6.13. The van der Waals surface area contributed by atoms with E-state index in [1.54, 1.807) is 23.0 Å². The van der Waals surface area contributed by atoms with E-state index >= 15 is 0 Å². The highest BCUT2D eigenvalue weighted by Gasteiger charge is 2.35. The summed E-state index contributed by atoms with van der Waals surface area (Å²) in [7, 11) is 0. The Morgan fingerprint density at radius 2 is 2.16 bits per heavy atom. The summed E-state index contributed by atoms with van der Waals surface area (Å²) in [5.74, 6) is -0.333. The molecule has 2 aliphatic rings. The Labute approximate surface area is 231 Å². The Morgan fingerprint density at radius 3 is 2.87 bits per heavy atom. The molecule has 1 aromatic carbocycles. The summed E-state index contributed by atoms with van der Waals surface area (Å²) in [5, 5.41) is 24.4. The van der Waals surface area contributed by atoms with E-state index in [0.29, 0.717) is 45.6 Å². The SMILES string of the molecule is CC1CC(c2cnc3c(C#N)nn([C@H](C)c4ccc(Cl)cc4Cl)c3n2)=CCC1N1CCCC1CCC(=O)O. The molecule has 8 nitrogen and oxygen atoms in total. The summed E-state index contributed by atoms with van der Waals surface area (Å²) in [6, 6.07) is 7.92. The van der Waals surface area contributed by atoms with Crippen molar-refractivity contribution in [3.63, 3.8) is 0 Å². The summed E-state index contributed by atoms with van der Waals surface area (Å²) in [6.45, 7) is 5.24. The summed E-state index contributed by atoms with van der Waals surface area (Å²) in [5.41, 5.74) is 3.98. The van der Waals surface area contributed by atoms with E-state index in [2.05, 4.69) is 34.1 Å². The maximum absolute atomic E-state index is 11.1. The quantitative estimate of drug-likeness (QED) is 0.375. The Kier molecular flexibility index (Phi) is 7.71. The van der Waals surface area contributed by atoms with Crippen LogP contribution in [0.25, 0.3) is 16.7 Å². The molecular weight excluding hydrogens is 523 g/mol. The van der Waals surface area contributed by atoms with Gasteiger partial charge in [0, 0.05) is 28.5 Å². The lowest BCUT2D eigenvalue weighted by Gasteiger charge is -2.39. The summed E-state index contributed by atoms with van der Waals surface area (Å²) < 4.78 is 1.71. The maximum atomic E-state index is 11.1. The number of aromatic nitrogens is 4. The summed E-state index contributed by atoms with van der Waals surface area (Å²) in [4.78, 5) is 23.2. The van der Waals surface area contributed by atoms with Gasteiger partial charge < -0.3 is 5.11 Å². The van der Waals surface area contributed by atoms with Crippen LogP contribution in [0.4, 0.5) is 0 Å². The number of carbonyl (C=O) groups is 1. The minimum absolute atomic E-state index is 0.219. The van der Waals surface area contributed by atoms with Gasteiger partial charge in [0.05, 0.1) is 17.9 Å². The van der Waals surface area contributed by atoms with Crippen LogP contribution in [0.2, 0.25) is 10.0 Å². The van der Waals surface area contributed by atoms with Crippen LogP contribution < -0.4 is 0 Å². The Bertz CT molecular complexity index is 1450. The largest absolute Gasteiger partial charge is 0.481 e. The number of hydrogen-bond donors (Lipinski definition) is 1. The number of nitriles is 1. The number of fused-ring (bicyclic) bond motifs is 1. The van der Waals surface area contributed by atoms with Crippen molar-refractivity contribution in [3.05, 3.63) is 57.5 Å². The van der Waals surface area contributed by atoms with E-state index in [-0.39, 0.29) is 18.2 Å². The number of nitrogens with zero attached hydrogens (tertiary/aromatic N) is 6. The standard InChI is InChI=1S/C28H30Cl2N6O2/c1-16-12-18(5-9-25(16)35-11-3-4-20(35)7-10-26(37)38)24-15-32-27-23(14-31)34-36(28(27)33-24)17(2)21-8-6-19(29)13-22(21)30/h5-6,8,13,15-17,20,25H,3-4,7,9-12H2,1-2H3,(H,37,38)/t16?,17-,20?,25?/m1/s1. The summed E-state index contributed by atoms with van der Waals surface area (Å²) in [6.07, 6.45) is 8.83. The van der Waals surface area contributed by atoms with Gasteiger partial charge in [-0.15, -0.1) is 0 Å². The number of likely N-dealkylation sites (tertiary alicyclic amines) is 1. The number of allylic oxidation sites excluding steroid dienone is 1. The van der Waals surface area contributed by atoms with Crippen molar-refractivity contribution in [2.45, 2.75) is 70.5 Å². The molecule has 3 unspecified atom stereocenters. The average molecular weight is 553 g/mol. The molecule has 4 atom stereocenters. The van der Waals surface area contributed by atoms with Gasteiger partial charge in [0.25, 0.3) is 0 Å². The van der Waals surface area contributed by atoms with Crippen molar-refractivity contribution in [2.24, 2.45) is 5.92 Å². The monoisotopic (exact) mass is 552 g/mol. The number of benzene rings is 1. The molecule has 3 heterocycles. The minimum Gasteiger partial charge on any atom is -0.481 e. The Balaban J connectivity index is 1.43. The van der Waals surface area contributed by atoms with Crippen molar-refractivity contribution in [2.75, 3.05) is 6.54 Å². The van der Waals surface area contributed by atoms with E-state index in [1.807, 2.05) is 13.0 Å². The molecule has 0 amide bonds.